The molecule has 6 rings (SSSR count). The summed E-state index contributed by atoms with van der Waals surface area (Å²) in [6, 6.07) is 2.10. The first-order chi connectivity index (χ1) is 11.6. The van der Waals surface area contributed by atoms with Crippen LogP contribution in [0.1, 0.15) is 57.9 Å². The largest absolute Gasteiger partial charge is 0.384 e. The van der Waals surface area contributed by atoms with E-state index in [9.17, 15) is 0 Å². The Balaban J connectivity index is 1.41. The molecule has 4 saturated carbocycles. The van der Waals surface area contributed by atoms with Gasteiger partial charge in [0.15, 0.2) is 0 Å². The van der Waals surface area contributed by atoms with Gasteiger partial charge in [0.05, 0.1) is 11.4 Å². The van der Waals surface area contributed by atoms with Gasteiger partial charge >= 0.3 is 0 Å². The number of hydrogen-bond donors (Lipinski definition) is 2. The highest BCUT2D eigenvalue weighted by molar-refractivity contribution is 6.15. The molecule has 2 N–H and O–H groups in total. The van der Waals surface area contributed by atoms with Crippen LogP contribution in [0.3, 0.4) is 0 Å². The molecular formula is C21H27N3. The third-order valence-electron chi connectivity index (χ3n) is 6.96. The average Bonchev–Trinajstić information content (AvgIpc) is 3.15. The summed E-state index contributed by atoms with van der Waals surface area (Å²) in [6.07, 6.45) is 14.8. The highest BCUT2D eigenvalue weighted by atomic mass is 15.0. The molecule has 0 saturated heterocycles. The third-order valence-corrected chi connectivity index (χ3v) is 6.96. The SMILES string of the molecule is CC1=C(C)/C(=C\NC23CC4CC(CC(C4)C2)C3)N=C1c1cc[nH]c1. The van der Waals surface area contributed by atoms with Gasteiger partial charge in [-0.25, -0.2) is 4.99 Å². The van der Waals surface area contributed by atoms with Crippen LogP contribution in [-0.4, -0.2) is 16.2 Å². The van der Waals surface area contributed by atoms with Gasteiger partial charge in [0.1, 0.15) is 0 Å². The van der Waals surface area contributed by atoms with Crippen LogP contribution >= 0.6 is 0 Å². The van der Waals surface area contributed by atoms with Gasteiger partial charge in [-0.1, -0.05) is 0 Å². The topological polar surface area (TPSA) is 40.2 Å². The fourth-order valence-electron chi connectivity index (χ4n) is 6.06. The molecule has 3 nitrogen and oxygen atoms in total. The lowest BCUT2D eigenvalue weighted by atomic mass is 9.53. The summed E-state index contributed by atoms with van der Waals surface area (Å²) < 4.78 is 0. The van der Waals surface area contributed by atoms with Crippen LogP contribution < -0.4 is 5.32 Å². The second-order valence-electron chi connectivity index (χ2n) is 8.68. The molecule has 0 radical (unpaired) electrons. The smallest absolute Gasteiger partial charge is 0.0826 e. The van der Waals surface area contributed by atoms with Crippen molar-refractivity contribution in [1.82, 2.24) is 10.3 Å². The van der Waals surface area contributed by atoms with Gasteiger partial charge < -0.3 is 10.3 Å². The average molecular weight is 321 g/mol. The summed E-state index contributed by atoms with van der Waals surface area (Å²) in [5, 5.41) is 3.87. The molecule has 1 aromatic rings. The van der Waals surface area contributed by atoms with Gasteiger partial charge in [0.2, 0.25) is 0 Å². The Morgan fingerprint density at radius 3 is 2.33 bits per heavy atom. The molecule has 24 heavy (non-hydrogen) atoms. The molecule has 0 spiro atoms. The molecule has 0 aromatic carbocycles. The normalized spacial score (nSPS) is 39.0. The van der Waals surface area contributed by atoms with E-state index >= 15 is 0 Å². The fourth-order valence-corrected chi connectivity index (χ4v) is 6.06. The van der Waals surface area contributed by atoms with Crippen LogP contribution in [0.2, 0.25) is 0 Å². The molecule has 0 atom stereocenters. The number of hydrogen-bond acceptors (Lipinski definition) is 2. The lowest BCUT2D eigenvalue weighted by Gasteiger charge is -2.57. The van der Waals surface area contributed by atoms with E-state index in [2.05, 4.69) is 36.4 Å². The van der Waals surface area contributed by atoms with Gasteiger partial charge in [-0.3, -0.25) is 0 Å². The molecule has 0 unspecified atom stereocenters. The number of aromatic nitrogens is 1. The minimum Gasteiger partial charge on any atom is -0.384 e. The standard InChI is InChI=1S/C21H27N3/c1-13-14(2)20(18-3-4-22-11-18)24-19(13)12-23-21-8-15-5-16(9-21)7-17(6-15)10-21/h3-4,11-12,15-17,22-23H,5-10H2,1-2H3/b19-12+. The Labute approximate surface area is 144 Å². The lowest BCUT2D eigenvalue weighted by molar-refractivity contribution is -0.0130. The van der Waals surface area contributed by atoms with Crippen LogP contribution in [0.4, 0.5) is 0 Å². The fraction of sp³-hybridized carbons (Fsp3) is 0.571. The molecule has 5 aliphatic rings. The predicted octanol–water partition coefficient (Wildman–Crippen LogP) is 4.55. The maximum absolute atomic E-state index is 4.93. The molecule has 1 aromatic heterocycles. The quantitative estimate of drug-likeness (QED) is 0.842. The van der Waals surface area contributed by atoms with Gasteiger partial charge in [-0.05, 0) is 87.3 Å². The van der Waals surface area contributed by atoms with Crippen LogP contribution in [0.25, 0.3) is 0 Å². The van der Waals surface area contributed by atoms with Crippen LogP contribution in [0.15, 0.2) is 46.5 Å². The zero-order chi connectivity index (χ0) is 16.3. The highest BCUT2D eigenvalue weighted by Gasteiger charge is 2.50. The van der Waals surface area contributed by atoms with Crippen molar-refractivity contribution < 1.29 is 0 Å². The Kier molecular flexibility index (Phi) is 3.10. The van der Waals surface area contributed by atoms with Gasteiger partial charge in [-0.15, -0.1) is 0 Å². The van der Waals surface area contributed by atoms with E-state index in [1.165, 1.54) is 55.2 Å². The van der Waals surface area contributed by atoms with Crippen LogP contribution in [0, 0.1) is 17.8 Å². The van der Waals surface area contributed by atoms with E-state index in [4.69, 9.17) is 4.99 Å². The lowest BCUT2D eigenvalue weighted by Crippen LogP contribution is -2.57. The minimum atomic E-state index is 0.363. The van der Waals surface area contributed by atoms with E-state index in [-0.39, 0.29) is 0 Å². The summed E-state index contributed by atoms with van der Waals surface area (Å²) in [7, 11) is 0. The molecule has 4 aliphatic carbocycles. The Morgan fingerprint density at radius 1 is 1.08 bits per heavy atom. The zero-order valence-electron chi connectivity index (χ0n) is 14.7. The van der Waals surface area contributed by atoms with E-state index in [1.807, 2.05) is 12.4 Å². The molecular weight excluding hydrogens is 294 g/mol. The van der Waals surface area contributed by atoms with Crippen LogP contribution in [0.5, 0.6) is 0 Å². The first-order valence-corrected chi connectivity index (χ1v) is 9.50. The minimum absolute atomic E-state index is 0.363. The van der Waals surface area contributed by atoms with E-state index < -0.39 is 0 Å². The van der Waals surface area contributed by atoms with E-state index in [1.54, 1.807) is 0 Å². The Morgan fingerprint density at radius 2 is 1.75 bits per heavy atom. The van der Waals surface area contributed by atoms with Crippen molar-refractivity contribution in [1.29, 1.82) is 0 Å². The van der Waals surface area contributed by atoms with E-state index in [0.29, 0.717) is 5.54 Å². The number of nitrogens with one attached hydrogen (secondary N) is 2. The van der Waals surface area contributed by atoms with Crippen molar-refractivity contribution in [3.8, 4) is 0 Å². The first-order valence-electron chi connectivity index (χ1n) is 9.50. The summed E-state index contributed by atoms with van der Waals surface area (Å²) in [5.74, 6) is 2.93. The Hall–Kier alpha value is -1.77. The highest BCUT2D eigenvalue weighted by Crippen LogP contribution is 2.55. The van der Waals surface area contributed by atoms with Crippen LogP contribution in [-0.2, 0) is 0 Å². The molecule has 126 valence electrons. The zero-order valence-corrected chi connectivity index (χ0v) is 14.7. The van der Waals surface area contributed by atoms with Gasteiger partial charge in [0.25, 0.3) is 0 Å². The summed E-state index contributed by atoms with van der Waals surface area (Å²) >= 11 is 0. The summed E-state index contributed by atoms with van der Waals surface area (Å²) in [5.41, 5.74) is 6.40. The maximum atomic E-state index is 4.93. The molecule has 3 heteroatoms. The van der Waals surface area contributed by atoms with Crippen molar-refractivity contribution in [2.45, 2.75) is 57.9 Å². The first kappa shape index (κ1) is 14.6. The molecule has 2 heterocycles. The second-order valence-corrected chi connectivity index (χ2v) is 8.68. The molecule has 4 bridgehead atoms. The number of H-pyrrole nitrogens is 1. The van der Waals surface area contributed by atoms with Gasteiger partial charge in [-0.2, -0.15) is 0 Å². The molecule has 4 fully saturated rings. The van der Waals surface area contributed by atoms with Gasteiger partial charge in [0, 0.05) is 29.7 Å². The van der Waals surface area contributed by atoms with Crippen molar-refractivity contribution >= 4 is 5.71 Å². The number of aromatic amines is 1. The van der Waals surface area contributed by atoms with Crippen molar-refractivity contribution in [3.05, 3.63) is 47.1 Å². The number of rotatable bonds is 3. The third kappa shape index (κ3) is 2.21. The molecule has 0 amide bonds. The maximum Gasteiger partial charge on any atom is 0.0826 e. The number of nitrogens with zero attached hydrogens (tertiary/aromatic N) is 1. The predicted molar refractivity (Wildman–Crippen MR) is 97.8 cm³/mol. The Bertz CT molecular complexity index is 713. The summed E-state index contributed by atoms with van der Waals surface area (Å²) in [6.45, 7) is 4.39. The monoisotopic (exact) mass is 321 g/mol. The van der Waals surface area contributed by atoms with Crippen molar-refractivity contribution in [3.63, 3.8) is 0 Å². The summed E-state index contributed by atoms with van der Waals surface area (Å²) in [4.78, 5) is 8.07. The van der Waals surface area contributed by atoms with Crippen molar-refractivity contribution in [2.75, 3.05) is 0 Å². The second kappa shape index (κ2) is 5.11. The number of allylic oxidation sites excluding steroid dienone is 2. The number of aliphatic imine (C=N–C) groups is 1. The van der Waals surface area contributed by atoms with Crippen molar-refractivity contribution in [2.24, 2.45) is 22.7 Å². The van der Waals surface area contributed by atoms with E-state index in [0.717, 1.165) is 29.2 Å². The molecule has 1 aliphatic heterocycles.